The van der Waals surface area contributed by atoms with Gasteiger partial charge in [0, 0.05) is 5.56 Å². The predicted octanol–water partition coefficient (Wildman–Crippen LogP) is 4.48. The van der Waals surface area contributed by atoms with Crippen LogP contribution in [0.1, 0.15) is 36.2 Å². The minimum absolute atomic E-state index is 0.0861. The largest absolute Gasteiger partial charge is 0.504 e. The van der Waals surface area contributed by atoms with Crippen LogP contribution >= 0.6 is 0 Å². The average Bonchev–Trinajstić information content (AvgIpc) is 2.61. The Morgan fingerprint density at radius 2 is 1.83 bits per heavy atom. The minimum Gasteiger partial charge on any atom is -0.504 e. The van der Waals surface area contributed by atoms with Crippen LogP contribution in [0.4, 0.5) is 0 Å². The first-order chi connectivity index (χ1) is 11.6. The maximum absolute atomic E-state index is 12.2. The highest BCUT2D eigenvalue weighted by molar-refractivity contribution is 6.06. The van der Waals surface area contributed by atoms with Crippen molar-refractivity contribution in [3.8, 4) is 17.2 Å². The molecule has 0 aromatic heterocycles. The topological polar surface area (TPSA) is 55.8 Å². The number of phenols is 1. The molecule has 2 aromatic rings. The van der Waals surface area contributed by atoms with Gasteiger partial charge in [0.05, 0.1) is 13.2 Å². The van der Waals surface area contributed by atoms with E-state index in [1.807, 2.05) is 13.8 Å². The van der Waals surface area contributed by atoms with E-state index in [1.165, 1.54) is 6.08 Å². The highest BCUT2D eigenvalue weighted by Crippen LogP contribution is 2.27. The van der Waals surface area contributed by atoms with Crippen LogP contribution < -0.4 is 9.47 Å². The number of carbonyl (C=O) groups is 1. The summed E-state index contributed by atoms with van der Waals surface area (Å²) >= 11 is 0. The molecule has 4 heteroatoms. The van der Waals surface area contributed by atoms with Gasteiger partial charge in [-0.3, -0.25) is 4.79 Å². The van der Waals surface area contributed by atoms with Gasteiger partial charge in [-0.25, -0.2) is 0 Å². The third kappa shape index (κ3) is 4.88. The van der Waals surface area contributed by atoms with Crippen LogP contribution in [0.2, 0.25) is 0 Å². The summed E-state index contributed by atoms with van der Waals surface area (Å²) in [7, 11) is 0. The number of carbonyl (C=O) groups excluding carboxylic acids is 1. The van der Waals surface area contributed by atoms with E-state index in [-0.39, 0.29) is 11.5 Å². The van der Waals surface area contributed by atoms with E-state index in [0.29, 0.717) is 24.5 Å². The lowest BCUT2D eigenvalue weighted by Gasteiger charge is -2.06. The zero-order valence-corrected chi connectivity index (χ0v) is 14.0. The summed E-state index contributed by atoms with van der Waals surface area (Å²) in [6.07, 6.45) is 4.15. The second-order valence-electron chi connectivity index (χ2n) is 5.23. The number of ketones is 1. The lowest BCUT2D eigenvalue weighted by molar-refractivity contribution is 0.104. The Balaban J connectivity index is 2.05. The molecule has 0 aliphatic carbocycles. The zero-order valence-electron chi connectivity index (χ0n) is 14.0. The van der Waals surface area contributed by atoms with Crippen molar-refractivity contribution in [2.45, 2.75) is 20.3 Å². The molecule has 0 saturated carbocycles. The molecule has 0 radical (unpaired) electrons. The van der Waals surface area contributed by atoms with Crippen LogP contribution in [0.5, 0.6) is 17.2 Å². The van der Waals surface area contributed by atoms with Gasteiger partial charge in [0.1, 0.15) is 5.75 Å². The van der Waals surface area contributed by atoms with Gasteiger partial charge in [-0.2, -0.15) is 0 Å². The molecule has 0 aliphatic rings. The Morgan fingerprint density at radius 1 is 1.08 bits per heavy atom. The number of ether oxygens (including phenoxy) is 2. The molecule has 0 aliphatic heterocycles. The van der Waals surface area contributed by atoms with Crippen LogP contribution in [0.3, 0.4) is 0 Å². The van der Waals surface area contributed by atoms with Crippen LogP contribution in [0, 0.1) is 0 Å². The van der Waals surface area contributed by atoms with Crippen molar-refractivity contribution >= 4 is 11.9 Å². The van der Waals surface area contributed by atoms with E-state index in [1.54, 1.807) is 48.5 Å². The second-order valence-corrected chi connectivity index (χ2v) is 5.23. The first-order valence-corrected chi connectivity index (χ1v) is 8.05. The van der Waals surface area contributed by atoms with Crippen LogP contribution in [-0.4, -0.2) is 24.1 Å². The highest BCUT2D eigenvalue weighted by atomic mass is 16.5. The Bertz CT molecular complexity index is 702. The van der Waals surface area contributed by atoms with E-state index in [2.05, 4.69) is 0 Å². The molecule has 2 rings (SSSR count). The molecule has 0 spiro atoms. The number of phenolic OH excluding ortho intramolecular Hbond substituents is 1. The first-order valence-electron chi connectivity index (χ1n) is 8.05. The van der Waals surface area contributed by atoms with Crippen LogP contribution in [-0.2, 0) is 0 Å². The fraction of sp³-hybridized carbons (Fsp3) is 0.250. The maximum atomic E-state index is 12.2. The molecule has 0 saturated heterocycles. The summed E-state index contributed by atoms with van der Waals surface area (Å²) in [6.45, 7) is 5.02. The van der Waals surface area contributed by atoms with Gasteiger partial charge < -0.3 is 14.6 Å². The van der Waals surface area contributed by atoms with Crippen molar-refractivity contribution in [2.24, 2.45) is 0 Å². The molecule has 1 N–H and O–H groups in total. The van der Waals surface area contributed by atoms with E-state index in [0.717, 1.165) is 17.7 Å². The lowest BCUT2D eigenvalue weighted by Crippen LogP contribution is -1.97. The molecule has 0 heterocycles. The van der Waals surface area contributed by atoms with Gasteiger partial charge in [-0.15, -0.1) is 0 Å². The van der Waals surface area contributed by atoms with Gasteiger partial charge in [0.15, 0.2) is 17.3 Å². The Kier molecular flexibility index (Phi) is 6.43. The molecule has 0 amide bonds. The second kappa shape index (κ2) is 8.77. The van der Waals surface area contributed by atoms with Crippen LogP contribution in [0.15, 0.2) is 48.5 Å². The van der Waals surface area contributed by atoms with Crippen molar-refractivity contribution in [1.29, 1.82) is 0 Å². The Morgan fingerprint density at radius 3 is 2.50 bits per heavy atom. The molecular formula is C20H22O4. The fourth-order valence-corrected chi connectivity index (χ4v) is 2.11. The number of rotatable bonds is 8. The average molecular weight is 326 g/mol. The molecule has 2 aromatic carbocycles. The summed E-state index contributed by atoms with van der Waals surface area (Å²) < 4.78 is 10.8. The molecule has 0 bridgehead atoms. The molecule has 0 fully saturated rings. The minimum atomic E-state index is -0.0944. The Labute approximate surface area is 142 Å². The molecule has 4 nitrogen and oxygen atoms in total. The first kappa shape index (κ1) is 17.6. The SMILES string of the molecule is CCCOc1ccc(C(=O)/C=C/c2ccc(O)c(OCC)c2)cc1. The summed E-state index contributed by atoms with van der Waals surface area (Å²) in [5.74, 6) is 1.16. The van der Waals surface area contributed by atoms with Crippen LogP contribution in [0.25, 0.3) is 6.08 Å². The zero-order chi connectivity index (χ0) is 17.4. The molecule has 24 heavy (non-hydrogen) atoms. The molecule has 0 unspecified atom stereocenters. The predicted molar refractivity (Wildman–Crippen MR) is 94.9 cm³/mol. The summed E-state index contributed by atoms with van der Waals surface area (Å²) in [5.41, 5.74) is 1.38. The number of allylic oxidation sites excluding steroid dienone is 1. The summed E-state index contributed by atoms with van der Waals surface area (Å²) in [5, 5.41) is 9.68. The van der Waals surface area contributed by atoms with Gasteiger partial charge in [-0.05, 0) is 61.4 Å². The van der Waals surface area contributed by atoms with Gasteiger partial charge >= 0.3 is 0 Å². The van der Waals surface area contributed by atoms with Crippen molar-refractivity contribution in [3.05, 3.63) is 59.7 Å². The van der Waals surface area contributed by atoms with Crippen molar-refractivity contribution in [2.75, 3.05) is 13.2 Å². The van der Waals surface area contributed by atoms with Gasteiger partial charge in [0.25, 0.3) is 0 Å². The maximum Gasteiger partial charge on any atom is 0.185 e. The smallest absolute Gasteiger partial charge is 0.185 e. The third-order valence-electron chi connectivity index (χ3n) is 3.32. The summed E-state index contributed by atoms with van der Waals surface area (Å²) in [6, 6.07) is 12.1. The fourth-order valence-electron chi connectivity index (χ4n) is 2.11. The molecular weight excluding hydrogens is 304 g/mol. The normalized spacial score (nSPS) is 10.8. The quantitative estimate of drug-likeness (QED) is 0.574. The lowest BCUT2D eigenvalue weighted by atomic mass is 10.1. The Hall–Kier alpha value is -2.75. The standard InChI is InChI=1S/C20H22O4/c1-3-13-24-17-9-7-16(8-10-17)18(21)11-5-15-6-12-19(22)20(14-15)23-4-2/h5-12,14,22H,3-4,13H2,1-2H3/b11-5+. The van der Waals surface area contributed by atoms with Gasteiger partial charge in [0.2, 0.25) is 0 Å². The number of hydrogen-bond acceptors (Lipinski definition) is 4. The molecule has 0 atom stereocenters. The molecule has 126 valence electrons. The van der Waals surface area contributed by atoms with Crippen molar-refractivity contribution in [1.82, 2.24) is 0 Å². The highest BCUT2D eigenvalue weighted by Gasteiger charge is 2.04. The van der Waals surface area contributed by atoms with E-state index >= 15 is 0 Å². The monoisotopic (exact) mass is 326 g/mol. The van der Waals surface area contributed by atoms with Gasteiger partial charge in [-0.1, -0.05) is 19.1 Å². The van der Waals surface area contributed by atoms with E-state index < -0.39 is 0 Å². The third-order valence-corrected chi connectivity index (χ3v) is 3.32. The summed E-state index contributed by atoms with van der Waals surface area (Å²) in [4.78, 5) is 12.2. The van der Waals surface area contributed by atoms with E-state index in [9.17, 15) is 9.90 Å². The number of benzene rings is 2. The van der Waals surface area contributed by atoms with Crippen molar-refractivity contribution < 1.29 is 19.4 Å². The van der Waals surface area contributed by atoms with E-state index in [4.69, 9.17) is 9.47 Å². The number of hydrogen-bond donors (Lipinski definition) is 1. The van der Waals surface area contributed by atoms with Crippen molar-refractivity contribution in [3.63, 3.8) is 0 Å². The number of aromatic hydroxyl groups is 1.